The lowest BCUT2D eigenvalue weighted by atomic mass is 9.73. The van der Waals surface area contributed by atoms with Gasteiger partial charge >= 0.3 is 0 Å². The van der Waals surface area contributed by atoms with Gasteiger partial charge < -0.3 is 4.74 Å². The fraction of sp³-hybridized carbons (Fsp3) is 0.200. The van der Waals surface area contributed by atoms with E-state index in [1.807, 2.05) is 42.5 Å². The van der Waals surface area contributed by atoms with E-state index in [1.165, 1.54) is 5.56 Å². The van der Waals surface area contributed by atoms with Gasteiger partial charge in [-0.25, -0.2) is 0 Å². The summed E-state index contributed by atoms with van der Waals surface area (Å²) in [6, 6.07) is 17.9. The molecule has 4 heteroatoms. The lowest BCUT2D eigenvalue weighted by molar-refractivity contribution is 0.410. The lowest BCUT2D eigenvalue weighted by Crippen LogP contribution is -2.31. The van der Waals surface area contributed by atoms with Crippen molar-refractivity contribution in [3.05, 3.63) is 75.8 Å². The van der Waals surface area contributed by atoms with Gasteiger partial charge in [0.15, 0.2) is 0 Å². The molecule has 2 unspecified atom stereocenters. The smallest absolute Gasteiger partial charge is 0.205 e. The van der Waals surface area contributed by atoms with Crippen LogP contribution in [0.4, 0.5) is 0 Å². The van der Waals surface area contributed by atoms with Crippen LogP contribution in [0.3, 0.4) is 0 Å². The SMILES string of the molecule is N#CC1C(=N)OC2=C(CCc3ccccc32)C1c1ccc(Cl)cc1. The average Bonchev–Trinajstić information content (AvgIpc) is 2.61. The van der Waals surface area contributed by atoms with Crippen LogP contribution in [0.25, 0.3) is 5.76 Å². The van der Waals surface area contributed by atoms with Crippen molar-refractivity contribution in [3.8, 4) is 6.07 Å². The maximum absolute atomic E-state index is 9.61. The van der Waals surface area contributed by atoms with Crippen molar-refractivity contribution < 1.29 is 4.74 Å². The van der Waals surface area contributed by atoms with Gasteiger partial charge in [-0.05, 0) is 41.7 Å². The van der Waals surface area contributed by atoms with E-state index in [1.54, 1.807) is 0 Å². The van der Waals surface area contributed by atoms with Crippen molar-refractivity contribution in [3.63, 3.8) is 0 Å². The summed E-state index contributed by atoms with van der Waals surface area (Å²) in [6.07, 6.45) is 1.76. The molecule has 0 saturated carbocycles. The summed E-state index contributed by atoms with van der Waals surface area (Å²) in [5.41, 5.74) is 4.39. The Hall–Kier alpha value is -2.57. The van der Waals surface area contributed by atoms with E-state index < -0.39 is 5.92 Å². The first-order valence-electron chi connectivity index (χ1n) is 7.91. The fourth-order valence-corrected chi connectivity index (χ4v) is 3.78. The highest BCUT2D eigenvalue weighted by molar-refractivity contribution is 6.30. The van der Waals surface area contributed by atoms with Crippen LogP contribution in [0.15, 0.2) is 54.1 Å². The second-order valence-corrected chi connectivity index (χ2v) is 6.55. The van der Waals surface area contributed by atoms with Gasteiger partial charge in [0, 0.05) is 16.5 Å². The molecule has 0 amide bonds. The monoisotopic (exact) mass is 334 g/mol. The first-order valence-corrected chi connectivity index (χ1v) is 8.29. The van der Waals surface area contributed by atoms with Crippen LogP contribution in [-0.2, 0) is 11.2 Å². The van der Waals surface area contributed by atoms with E-state index in [0.717, 1.165) is 35.3 Å². The van der Waals surface area contributed by atoms with Gasteiger partial charge in [0.2, 0.25) is 5.90 Å². The van der Waals surface area contributed by atoms with Crippen LogP contribution < -0.4 is 0 Å². The first kappa shape index (κ1) is 15.0. The third-order valence-corrected chi connectivity index (χ3v) is 5.04. The molecular weight excluding hydrogens is 320 g/mol. The third kappa shape index (κ3) is 2.31. The number of aryl methyl sites for hydroxylation is 1. The Morgan fingerprint density at radius 2 is 1.83 bits per heavy atom. The molecule has 2 atom stereocenters. The van der Waals surface area contributed by atoms with Crippen molar-refractivity contribution in [2.45, 2.75) is 18.8 Å². The summed E-state index contributed by atoms with van der Waals surface area (Å²) in [7, 11) is 0. The third-order valence-electron chi connectivity index (χ3n) is 4.79. The largest absolute Gasteiger partial charge is 0.442 e. The highest BCUT2D eigenvalue weighted by atomic mass is 35.5. The summed E-state index contributed by atoms with van der Waals surface area (Å²) in [5.74, 6) is 0.0215. The molecule has 1 aliphatic carbocycles. The minimum atomic E-state index is -0.602. The van der Waals surface area contributed by atoms with Crippen LogP contribution >= 0.6 is 11.6 Å². The standard InChI is InChI=1S/C20H15ClN2O/c21-14-8-5-13(6-9-14)18-16-10-7-12-3-1-2-4-15(12)19(16)24-20(23)17(18)11-22/h1-6,8-9,17-18,23H,7,10H2. The summed E-state index contributed by atoms with van der Waals surface area (Å²) in [6.45, 7) is 0. The van der Waals surface area contributed by atoms with Crippen LogP contribution in [-0.4, -0.2) is 5.90 Å². The van der Waals surface area contributed by atoms with Gasteiger partial charge in [-0.2, -0.15) is 5.26 Å². The highest BCUT2D eigenvalue weighted by Gasteiger charge is 2.40. The molecule has 0 saturated heterocycles. The molecule has 0 bridgehead atoms. The van der Waals surface area contributed by atoms with E-state index in [2.05, 4.69) is 12.1 Å². The van der Waals surface area contributed by atoms with Crippen molar-refractivity contribution in [1.29, 1.82) is 10.7 Å². The second kappa shape index (κ2) is 5.81. The van der Waals surface area contributed by atoms with Gasteiger partial charge in [0.25, 0.3) is 0 Å². The molecule has 1 heterocycles. The molecule has 0 fully saturated rings. The Labute approximate surface area is 145 Å². The number of allylic oxidation sites excluding steroid dienone is 1. The molecule has 2 aliphatic rings. The van der Waals surface area contributed by atoms with Gasteiger partial charge in [-0.3, -0.25) is 5.41 Å². The van der Waals surface area contributed by atoms with E-state index >= 15 is 0 Å². The Morgan fingerprint density at radius 3 is 2.58 bits per heavy atom. The Morgan fingerprint density at radius 1 is 1.08 bits per heavy atom. The van der Waals surface area contributed by atoms with E-state index in [0.29, 0.717) is 5.02 Å². The van der Waals surface area contributed by atoms with Crippen LogP contribution in [0.5, 0.6) is 0 Å². The summed E-state index contributed by atoms with van der Waals surface area (Å²) in [5, 5.41) is 18.5. The molecule has 118 valence electrons. The number of nitrogens with one attached hydrogen (secondary N) is 1. The zero-order valence-electron chi connectivity index (χ0n) is 12.9. The molecule has 2 aromatic carbocycles. The van der Waals surface area contributed by atoms with Crippen molar-refractivity contribution in [2.24, 2.45) is 5.92 Å². The van der Waals surface area contributed by atoms with Gasteiger partial charge in [0.1, 0.15) is 11.7 Å². The highest BCUT2D eigenvalue weighted by Crippen LogP contribution is 2.47. The second-order valence-electron chi connectivity index (χ2n) is 6.11. The molecule has 24 heavy (non-hydrogen) atoms. The topological polar surface area (TPSA) is 56.9 Å². The molecule has 3 nitrogen and oxygen atoms in total. The van der Waals surface area contributed by atoms with Crippen LogP contribution in [0.2, 0.25) is 5.02 Å². The van der Waals surface area contributed by atoms with Crippen molar-refractivity contribution >= 4 is 23.3 Å². The van der Waals surface area contributed by atoms with Crippen LogP contribution in [0.1, 0.15) is 29.0 Å². The number of ether oxygens (including phenoxy) is 1. The van der Waals surface area contributed by atoms with E-state index in [4.69, 9.17) is 21.7 Å². The number of hydrogen-bond acceptors (Lipinski definition) is 3. The summed E-state index contributed by atoms with van der Waals surface area (Å²) in [4.78, 5) is 0. The molecule has 0 spiro atoms. The molecule has 4 rings (SSSR count). The predicted molar refractivity (Wildman–Crippen MR) is 93.8 cm³/mol. The van der Waals surface area contributed by atoms with Gasteiger partial charge in [-0.15, -0.1) is 0 Å². The van der Waals surface area contributed by atoms with E-state index in [9.17, 15) is 5.26 Å². The van der Waals surface area contributed by atoms with E-state index in [-0.39, 0.29) is 11.8 Å². The zero-order chi connectivity index (χ0) is 16.7. The summed E-state index contributed by atoms with van der Waals surface area (Å²) >= 11 is 6.01. The minimum absolute atomic E-state index is 0.0212. The Kier molecular flexibility index (Phi) is 3.63. The number of fused-ring (bicyclic) bond motifs is 2. The van der Waals surface area contributed by atoms with Crippen molar-refractivity contribution in [2.75, 3.05) is 0 Å². The zero-order valence-corrected chi connectivity index (χ0v) is 13.7. The molecule has 0 aromatic heterocycles. The number of rotatable bonds is 1. The number of nitriles is 1. The molecular formula is C20H15ClN2O. The first-order chi connectivity index (χ1) is 11.7. The maximum atomic E-state index is 9.61. The molecule has 1 N–H and O–H groups in total. The van der Waals surface area contributed by atoms with Crippen molar-refractivity contribution in [1.82, 2.24) is 0 Å². The van der Waals surface area contributed by atoms with Gasteiger partial charge in [-0.1, -0.05) is 48.0 Å². The lowest BCUT2D eigenvalue weighted by Gasteiger charge is -2.36. The number of hydrogen-bond donors (Lipinski definition) is 1. The quantitative estimate of drug-likeness (QED) is 0.804. The fourth-order valence-electron chi connectivity index (χ4n) is 3.66. The molecule has 1 aliphatic heterocycles. The average molecular weight is 335 g/mol. The number of halogens is 1. The molecule has 0 radical (unpaired) electrons. The number of nitrogens with zero attached hydrogens (tertiary/aromatic N) is 1. The minimum Gasteiger partial charge on any atom is -0.442 e. The number of benzene rings is 2. The van der Waals surface area contributed by atoms with Crippen LogP contribution in [0, 0.1) is 22.7 Å². The maximum Gasteiger partial charge on any atom is 0.205 e. The Bertz CT molecular complexity index is 893. The molecule has 2 aromatic rings. The normalized spacial score (nSPS) is 22.2. The summed E-state index contributed by atoms with van der Waals surface area (Å²) < 4.78 is 5.81. The van der Waals surface area contributed by atoms with Gasteiger partial charge in [0.05, 0.1) is 6.07 Å². The Balaban J connectivity index is 1.91. The predicted octanol–water partition coefficient (Wildman–Crippen LogP) is 4.93.